The van der Waals surface area contributed by atoms with Crippen LogP contribution in [0, 0.1) is 0 Å². The number of pyridine rings is 2. The molecule has 138 valence electrons. The van der Waals surface area contributed by atoms with Crippen LogP contribution in [0.15, 0.2) is 73.3 Å². The Morgan fingerprint density at radius 3 is 2.33 bits per heavy atom. The van der Waals surface area contributed by atoms with Gasteiger partial charge in [-0.25, -0.2) is 0 Å². The Bertz CT molecular complexity index is 856. The third-order valence-corrected chi connectivity index (χ3v) is 4.11. The molecule has 0 spiro atoms. The summed E-state index contributed by atoms with van der Waals surface area (Å²) >= 11 is 0. The lowest BCUT2D eigenvalue weighted by atomic mass is 10.0. The molecule has 3 aromatic rings. The predicted molar refractivity (Wildman–Crippen MR) is 103 cm³/mol. The largest absolute Gasteiger partial charge is 0.497 e. The summed E-state index contributed by atoms with van der Waals surface area (Å²) in [5, 5.41) is 6.29. The summed E-state index contributed by atoms with van der Waals surface area (Å²) in [6, 6.07) is 14.6. The number of amides is 1. The maximum Gasteiger partial charge on any atom is 0.242 e. The third kappa shape index (κ3) is 5.36. The average Bonchev–Trinajstić information content (AvgIpc) is 2.74. The van der Waals surface area contributed by atoms with E-state index >= 15 is 0 Å². The molecule has 0 saturated carbocycles. The van der Waals surface area contributed by atoms with E-state index < -0.39 is 6.04 Å². The van der Waals surface area contributed by atoms with Crippen LogP contribution in [-0.2, 0) is 17.9 Å². The van der Waals surface area contributed by atoms with E-state index in [9.17, 15) is 4.79 Å². The molecular weight excluding hydrogens is 340 g/mol. The minimum absolute atomic E-state index is 0.115. The molecule has 2 aromatic heterocycles. The molecular formula is C21H22N4O2. The Balaban J connectivity index is 1.74. The SMILES string of the molecule is COc1cccc(C(NCc2cccnc2)C(=O)NCc2cccnc2)c1. The van der Waals surface area contributed by atoms with Crippen LogP contribution in [0.1, 0.15) is 22.7 Å². The fourth-order valence-corrected chi connectivity index (χ4v) is 2.70. The zero-order chi connectivity index (χ0) is 18.9. The van der Waals surface area contributed by atoms with E-state index in [0.717, 1.165) is 16.7 Å². The fourth-order valence-electron chi connectivity index (χ4n) is 2.70. The number of hydrogen-bond acceptors (Lipinski definition) is 5. The Morgan fingerprint density at radius 1 is 1.00 bits per heavy atom. The first-order chi connectivity index (χ1) is 13.3. The second-order valence-electron chi connectivity index (χ2n) is 6.03. The van der Waals surface area contributed by atoms with Crippen LogP contribution in [0.2, 0.25) is 0 Å². The van der Waals surface area contributed by atoms with Crippen molar-refractivity contribution < 1.29 is 9.53 Å². The maximum absolute atomic E-state index is 12.9. The summed E-state index contributed by atoms with van der Waals surface area (Å²) in [6.45, 7) is 0.942. The molecule has 1 amide bonds. The summed E-state index contributed by atoms with van der Waals surface area (Å²) in [4.78, 5) is 21.1. The normalized spacial score (nSPS) is 11.6. The van der Waals surface area contributed by atoms with Gasteiger partial charge in [0.25, 0.3) is 0 Å². The van der Waals surface area contributed by atoms with Crippen molar-refractivity contribution in [2.24, 2.45) is 0 Å². The number of carbonyl (C=O) groups excluding carboxylic acids is 1. The van der Waals surface area contributed by atoms with Gasteiger partial charge in [0.2, 0.25) is 5.91 Å². The fraction of sp³-hybridized carbons (Fsp3) is 0.190. The maximum atomic E-state index is 12.9. The molecule has 0 fully saturated rings. The second kappa shape index (κ2) is 9.45. The van der Waals surface area contributed by atoms with E-state index in [1.807, 2.05) is 48.5 Å². The lowest BCUT2D eigenvalue weighted by molar-refractivity contribution is -0.123. The molecule has 6 heteroatoms. The van der Waals surface area contributed by atoms with Gasteiger partial charge in [0.1, 0.15) is 11.8 Å². The van der Waals surface area contributed by atoms with Crippen molar-refractivity contribution in [2.45, 2.75) is 19.1 Å². The third-order valence-electron chi connectivity index (χ3n) is 4.11. The highest BCUT2D eigenvalue weighted by Crippen LogP contribution is 2.20. The van der Waals surface area contributed by atoms with Crippen LogP contribution >= 0.6 is 0 Å². The zero-order valence-electron chi connectivity index (χ0n) is 15.1. The van der Waals surface area contributed by atoms with Gasteiger partial charge in [0.05, 0.1) is 7.11 Å². The molecule has 1 aromatic carbocycles. The molecule has 1 atom stereocenters. The van der Waals surface area contributed by atoms with Crippen LogP contribution < -0.4 is 15.4 Å². The molecule has 1 unspecified atom stereocenters. The summed E-state index contributed by atoms with van der Waals surface area (Å²) < 4.78 is 5.30. The molecule has 0 aliphatic heterocycles. The minimum Gasteiger partial charge on any atom is -0.497 e. The molecule has 0 saturated heterocycles. The Hall–Kier alpha value is -3.25. The lowest BCUT2D eigenvalue weighted by Crippen LogP contribution is -2.37. The minimum atomic E-state index is -0.517. The number of nitrogens with one attached hydrogen (secondary N) is 2. The molecule has 3 rings (SSSR count). The first kappa shape index (κ1) is 18.5. The summed E-state index contributed by atoms with van der Waals surface area (Å²) in [6.07, 6.45) is 6.95. The van der Waals surface area contributed by atoms with Crippen molar-refractivity contribution >= 4 is 5.91 Å². The van der Waals surface area contributed by atoms with Gasteiger partial charge >= 0.3 is 0 Å². The molecule has 0 aliphatic carbocycles. The highest BCUT2D eigenvalue weighted by Gasteiger charge is 2.20. The number of carbonyl (C=O) groups is 1. The predicted octanol–water partition coefficient (Wildman–Crippen LogP) is 2.63. The van der Waals surface area contributed by atoms with Gasteiger partial charge in [0, 0.05) is 37.9 Å². The Morgan fingerprint density at radius 2 is 1.70 bits per heavy atom. The van der Waals surface area contributed by atoms with Gasteiger partial charge < -0.3 is 10.1 Å². The van der Waals surface area contributed by atoms with Gasteiger partial charge in [-0.3, -0.25) is 20.1 Å². The monoisotopic (exact) mass is 362 g/mol. The second-order valence-corrected chi connectivity index (χ2v) is 6.03. The van der Waals surface area contributed by atoms with Crippen LogP contribution in [0.3, 0.4) is 0 Å². The van der Waals surface area contributed by atoms with Crippen molar-refractivity contribution in [3.63, 3.8) is 0 Å². The van der Waals surface area contributed by atoms with Crippen LogP contribution in [0.25, 0.3) is 0 Å². The summed E-state index contributed by atoms with van der Waals surface area (Å²) in [7, 11) is 1.61. The van der Waals surface area contributed by atoms with Crippen LogP contribution in [0.5, 0.6) is 5.75 Å². The van der Waals surface area contributed by atoms with Crippen molar-refractivity contribution in [3.8, 4) is 5.75 Å². The highest BCUT2D eigenvalue weighted by atomic mass is 16.5. The van der Waals surface area contributed by atoms with Crippen molar-refractivity contribution in [2.75, 3.05) is 7.11 Å². The Labute approximate surface area is 158 Å². The van der Waals surface area contributed by atoms with E-state index in [1.54, 1.807) is 31.9 Å². The molecule has 2 heterocycles. The Kier molecular flexibility index (Phi) is 6.49. The lowest BCUT2D eigenvalue weighted by Gasteiger charge is -2.19. The zero-order valence-corrected chi connectivity index (χ0v) is 15.1. The number of nitrogens with zero attached hydrogens (tertiary/aromatic N) is 2. The van der Waals surface area contributed by atoms with E-state index in [0.29, 0.717) is 18.8 Å². The number of methoxy groups -OCH3 is 1. The number of benzene rings is 1. The van der Waals surface area contributed by atoms with Crippen molar-refractivity contribution in [1.82, 2.24) is 20.6 Å². The average molecular weight is 362 g/mol. The van der Waals surface area contributed by atoms with Crippen LogP contribution in [0.4, 0.5) is 0 Å². The van der Waals surface area contributed by atoms with E-state index in [2.05, 4.69) is 20.6 Å². The first-order valence-corrected chi connectivity index (χ1v) is 8.69. The summed E-state index contributed by atoms with van der Waals surface area (Å²) in [5.41, 5.74) is 2.79. The van der Waals surface area contributed by atoms with Gasteiger partial charge in [-0.2, -0.15) is 0 Å². The topological polar surface area (TPSA) is 76.1 Å². The number of rotatable bonds is 8. The number of hydrogen-bond donors (Lipinski definition) is 2. The molecule has 0 aliphatic rings. The number of ether oxygens (including phenoxy) is 1. The highest BCUT2D eigenvalue weighted by molar-refractivity contribution is 5.83. The molecule has 27 heavy (non-hydrogen) atoms. The van der Waals surface area contributed by atoms with Gasteiger partial charge in [-0.05, 0) is 41.0 Å². The quantitative estimate of drug-likeness (QED) is 0.644. The van der Waals surface area contributed by atoms with E-state index in [-0.39, 0.29) is 5.91 Å². The van der Waals surface area contributed by atoms with Gasteiger partial charge in [0.15, 0.2) is 0 Å². The van der Waals surface area contributed by atoms with Crippen LogP contribution in [-0.4, -0.2) is 23.0 Å². The molecule has 0 bridgehead atoms. The molecule has 6 nitrogen and oxygen atoms in total. The molecule has 0 radical (unpaired) electrons. The van der Waals surface area contributed by atoms with Crippen molar-refractivity contribution in [3.05, 3.63) is 90.0 Å². The summed E-state index contributed by atoms with van der Waals surface area (Å²) in [5.74, 6) is 0.594. The van der Waals surface area contributed by atoms with Gasteiger partial charge in [-0.1, -0.05) is 24.3 Å². The standard InChI is InChI=1S/C21H22N4O2/c1-27-19-8-2-7-18(11-19)20(24-14-16-5-3-9-22-12-16)21(26)25-15-17-6-4-10-23-13-17/h2-13,20,24H,14-15H2,1H3,(H,25,26). The number of aromatic nitrogens is 2. The van der Waals surface area contributed by atoms with Crippen molar-refractivity contribution in [1.29, 1.82) is 0 Å². The van der Waals surface area contributed by atoms with E-state index in [1.165, 1.54) is 0 Å². The van der Waals surface area contributed by atoms with E-state index in [4.69, 9.17) is 4.74 Å². The molecule has 2 N–H and O–H groups in total. The first-order valence-electron chi connectivity index (χ1n) is 8.69. The smallest absolute Gasteiger partial charge is 0.242 e. The van der Waals surface area contributed by atoms with Gasteiger partial charge in [-0.15, -0.1) is 0 Å².